The molecule has 4 nitrogen and oxygen atoms in total. The fourth-order valence-electron chi connectivity index (χ4n) is 2.96. The summed E-state index contributed by atoms with van der Waals surface area (Å²) < 4.78 is 19.0. The molecule has 3 aromatic rings. The number of benzene rings is 3. The molecule has 5 heteroatoms. The van der Waals surface area contributed by atoms with Crippen LogP contribution in [0.4, 0.5) is 4.39 Å². The number of nitrogens with zero attached hydrogens (tertiary/aromatic N) is 1. The molecule has 0 bridgehead atoms. The van der Waals surface area contributed by atoms with Gasteiger partial charge >= 0.3 is 0 Å². The Bertz CT molecular complexity index is 980. The topological polar surface area (TPSA) is 52.4 Å². The molecule has 118 valence electrons. The summed E-state index contributed by atoms with van der Waals surface area (Å²) in [4.78, 5) is 11.1. The van der Waals surface area contributed by atoms with Crippen LogP contribution in [-0.2, 0) is 0 Å². The number of halogens is 1. The third kappa shape index (κ3) is 2.31. The van der Waals surface area contributed by atoms with Gasteiger partial charge in [0.15, 0.2) is 0 Å². The maximum absolute atomic E-state index is 13.1. The van der Waals surface area contributed by atoms with E-state index in [1.807, 2.05) is 30.3 Å². The molecule has 0 radical (unpaired) electrons. The second-order valence-electron chi connectivity index (χ2n) is 5.57. The van der Waals surface area contributed by atoms with Gasteiger partial charge in [-0.3, -0.25) is 10.1 Å². The van der Waals surface area contributed by atoms with Gasteiger partial charge in [0.05, 0.1) is 4.92 Å². The van der Waals surface area contributed by atoms with Crippen LogP contribution in [0.15, 0.2) is 66.4 Å². The average molecular weight is 321 g/mol. The molecule has 3 aromatic carbocycles. The normalized spacial score (nSPS) is 16.2. The lowest BCUT2D eigenvalue weighted by Crippen LogP contribution is -2.19. The maximum atomic E-state index is 13.1. The van der Waals surface area contributed by atoms with Gasteiger partial charge < -0.3 is 4.74 Å². The first-order chi connectivity index (χ1) is 11.6. The minimum absolute atomic E-state index is 0.0644. The van der Waals surface area contributed by atoms with Gasteiger partial charge in [-0.1, -0.05) is 42.5 Å². The van der Waals surface area contributed by atoms with Crippen LogP contribution >= 0.6 is 0 Å². The molecule has 1 atom stereocenters. The summed E-state index contributed by atoms with van der Waals surface area (Å²) in [6.45, 7) is 0. The largest absolute Gasteiger partial charge is 0.474 e. The van der Waals surface area contributed by atoms with Crippen LogP contribution in [-0.4, -0.2) is 4.92 Å². The van der Waals surface area contributed by atoms with Crippen LogP contribution in [0.5, 0.6) is 5.75 Å². The molecule has 0 aromatic heterocycles. The Hall–Kier alpha value is -3.21. The highest BCUT2D eigenvalue weighted by Gasteiger charge is 2.33. The highest BCUT2D eigenvalue weighted by molar-refractivity contribution is 5.93. The predicted octanol–water partition coefficient (Wildman–Crippen LogP) is 4.73. The zero-order valence-electron chi connectivity index (χ0n) is 12.5. The lowest BCUT2D eigenvalue weighted by molar-refractivity contribution is -0.434. The lowest BCUT2D eigenvalue weighted by atomic mass is 9.97. The van der Waals surface area contributed by atoms with E-state index in [4.69, 9.17) is 4.74 Å². The van der Waals surface area contributed by atoms with Crippen molar-refractivity contribution in [2.75, 3.05) is 0 Å². The number of fused-ring (bicyclic) bond motifs is 3. The van der Waals surface area contributed by atoms with Gasteiger partial charge in [-0.25, -0.2) is 4.39 Å². The van der Waals surface area contributed by atoms with Gasteiger partial charge in [0, 0.05) is 17.2 Å². The van der Waals surface area contributed by atoms with Crippen molar-refractivity contribution in [3.8, 4) is 5.75 Å². The first kappa shape index (κ1) is 14.4. The monoisotopic (exact) mass is 321 g/mol. The smallest absolute Gasteiger partial charge is 0.291 e. The van der Waals surface area contributed by atoms with E-state index in [9.17, 15) is 14.5 Å². The summed E-state index contributed by atoms with van der Waals surface area (Å²) in [5, 5.41) is 13.4. The molecule has 4 rings (SSSR count). The van der Waals surface area contributed by atoms with E-state index in [2.05, 4.69) is 0 Å². The summed E-state index contributed by atoms with van der Waals surface area (Å²) >= 11 is 0. The minimum Gasteiger partial charge on any atom is -0.474 e. The number of hydrogen-bond donors (Lipinski definition) is 0. The molecule has 0 amide bonds. The van der Waals surface area contributed by atoms with Crippen molar-refractivity contribution in [1.29, 1.82) is 0 Å². The van der Waals surface area contributed by atoms with Gasteiger partial charge in [0.2, 0.25) is 6.10 Å². The standard InChI is InChI=1S/C19H12FNO3/c20-14-8-5-13(6-9-14)19-17(21(22)23)11-16-15-4-2-1-3-12(15)7-10-18(16)24-19/h1-11,19H/t19-/m0/s1. The van der Waals surface area contributed by atoms with Crippen molar-refractivity contribution in [2.45, 2.75) is 6.10 Å². The highest BCUT2D eigenvalue weighted by atomic mass is 19.1. The van der Waals surface area contributed by atoms with E-state index in [0.29, 0.717) is 16.9 Å². The molecular weight excluding hydrogens is 309 g/mol. The Morgan fingerprint density at radius 3 is 2.50 bits per heavy atom. The second-order valence-corrected chi connectivity index (χ2v) is 5.57. The molecule has 0 N–H and O–H groups in total. The molecule has 0 saturated heterocycles. The number of ether oxygens (including phenoxy) is 1. The predicted molar refractivity (Wildman–Crippen MR) is 88.7 cm³/mol. The van der Waals surface area contributed by atoms with Crippen LogP contribution in [0.1, 0.15) is 17.2 Å². The van der Waals surface area contributed by atoms with Gasteiger partial charge in [-0.2, -0.15) is 0 Å². The highest BCUT2D eigenvalue weighted by Crippen LogP contribution is 2.40. The van der Waals surface area contributed by atoms with E-state index in [1.165, 1.54) is 24.3 Å². The fraction of sp³-hybridized carbons (Fsp3) is 0.0526. The van der Waals surface area contributed by atoms with E-state index >= 15 is 0 Å². The van der Waals surface area contributed by atoms with E-state index < -0.39 is 16.8 Å². The van der Waals surface area contributed by atoms with Crippen molar-refractivity contribution in [3.05, 3.63) is 93.4 Å². The van der Waals surface area contributed by atoms with Gasteiger partial charge in [0.1, 0.15) is 11.6 Å². The molecule has 0 saturated carbocycles. The van der Waals surface area contributed by atoms with Gasteiger partial charge in [-0.15, -0.1) is 0 Å². The maximum Gasteiger partial charge on any atom is 0.291 e. The number of nitro groups is 1. The Morgan fingerprint density at radius 1 is 1.00 bits per heavy atom. The first-order valence-corrected chi connectivity index (χ1v) is 7.43. The van der Waals surface area contributed by atoms with Crippen molar-refractivity contribution < 1.29 is 14.1 Å². The quantitative estimate of drug-likeness (QED) is 0.506. The number of rotatable bonds is 2. The van der Waals surface area contributed by atoms with E-state index in [0.717, 1.165) is 10.8 Å². The Kier molecular flexibility index (Phi) is 3.27. The van der Waals surface area contributed by atoms with Gasteiger partial charge in [-0.05, 0) is 29.0 Å². The van der Waals surface area contributed by atoms with Crippen LogP contribution in [0.25, 0.3) is 16.8 Å². The lowest BCUT2D eigenvalue weighted by Gasteiger charge is -2.23. The fourth-order valence-corrected chi connectivity index (χ4v) is 2.96. The molecule has 1 aliphatic heterocycles. The molecule has 0 unspecified atom stereocenters. The zero-order valence-corrected chi connectivity index (χ0v) is 12.5. The summed E-state index contributed by atoms with van der Waals surface area (Å²) in [5.41, 5.74) is 1.17. The molecule has 0 fully saturated rings. The SMILES string of the molecule is O=[N+]([O-])C1=Cc2c(ccc3ccccc23)O[C@H]1c1ccc(F)cc1. The third-order valence-corrected chi connectivity index (χ3v) is 4.12. The van der Waals surface area contributed by atoms with E-state index in [-0.39, 0.29) is 5.70 Å². The zero-order chi connectivity index (χ0) is 16.7. The minimum atomic E-state index is -0.866. The second kappa shape index (κ2) is 5.45. The number of hydrogen-bond acceptors (Lipinski definition) is 3. The van der Waals surface area contributed by atoms with Crippen LogP contribution in [0.3, 0.4) is 0 Å². The van der Waals surface area contributed by atoms with Crippen LogP contribution in [0, 0.1) is 15.9 Å². The molecular formula is C19H12FNO3. The molecule has 1 aliphatic rings. The van der Waals surface area contributed by atoms with Gasteiger partial charge in [0.25, 0.3) is 5.70 Å². The van der Waals surface area contributed by atoms with Crippen molar-refractivity contribution in [2.24, 2.45) is 0 Å². The molecule has 0 aliphatic carbocycles. The Morgan fingerprint density at radius 2 is 1.75 bits per heavy atom. The summed E-state index contributed by atoms with van der Waals surface area (Å²) in [6, 6.07) is 16.9. The molecule has 0 spiro atoms. The molecule has 1 heterocycles. The Labute approximate surface area is 137 Å². The molecule has 24 heavy (non-hydrogen) atoms. The average Bonchev–Trinajstić information content (AvgIpc) is 2.61. The van der Waals surface area contributed by atoms with Crippen LogP contribution < -0.4 is 4.74 Å². The van der Waals surface area contributed by atoms with Crippen LogP contribution in [0.2, 0.25) is 0 Å². The third-order valence-electron chi connectivity index (χ3n) is 4.12. The van der Waals surface area contributed by atoms with E-state index in [1.54, 1.807) is 12.1 Å². The first-order valence-electron chi connectivity index (χ1n) is 7.43. The van der Waals surface area contributed by atoms with Crippen molar-refractivity contribution in [3.63, 3.8) is 0 Å². The summed E-state index contributed by atoms with van der Waals surface area (Å²) in [5.74, 6) is 0.182. The summed E-state index contributed by atoms with van der Waals surface area (Å²) in [7, 11) is 0. The van der Waals surface area contributed by atoms with Crippen molar-refractivity contribution in [1.82, 2.24) is 0 Å². The Balaban J connectivity index is 1.90. The summed E-state index contributed by atoms with van der Waals surface area (Å²) in [6.07, 6.45) is 0.684. The van der Waals surface area contributed by atoms with Crippen molar-refractivity contribution >= 4 is 16.8 Å².